The molecule has 0 saturated carbocycles. The van der Waals surface area contributed by atoms with Crippen LogP contribution in [0, 0.1) is 0 Å². The Labute approximate surface area is 166 Å². The second-order valence-electron chi connectivity index (χ2n) is 5.87. The molecule has 2 aromatic heterocycles. The lowest BCUT2D eigenvalue weighted by atomic mass is 10.0. The summed E-state index contributed by atoms with van der Waals surface area (Å²) in [5.74, 6) is -4.03. The van der Waals surface area contributed by atoms with E-state index in [0.29, 0.717) is 11.4 Å². The summed E-state index contributed by atoms with van der Waals surface area (Å²) >= 11 is 1.34. The van der Waals surface area contributed by atoms with Crippen molar-refractivity contribution >= 4 is 34.2 Å². The molecule has 3 N–H and O–H groups in total. The van der Waals surface area contributed by atoms with Crippen LogP contribution in [0.4, 0.5) is 18.2 Å². The van der Waals surface area contributed by atoms with Gasteiger partial charge >= 0.3 is 18.1 Å². The summed E-state index contributed by atoms with van der Waals surface area (Å²) in [6.07, 6.45) is -2.98. The number of carbonyl (C=O) groups is 3. The van der Waals surface area contributed by atoms with Gasteiger partial charge in [-0.05, 0) is 30.7 Å². The molecule has 0 atom stereocenters. The molecule has 1 aliphatic heterocycles. The first kappa shape index (κ1) is 22.4. The fourth-order valence-corrected chi connectivity index (χ4v) is 3.89. The fourth-order valence-electron chi connectivity index (χ4n) is 2.61. The first-order valence-electron chi connectivity index (χ1n) is 8.29. The predicted molar refractivity (Wildman–Crippen MR) is 96.3 cm³/mol. The number of hydrogen-bond acceptors (Lipinski definition) is 6. The molecule has 3 rings (SSSR count). The largest absolute Gasteiger partial charge is 0.490 e. The highest BCUT2D eigenvalue weighted by Gasteiger charge is 2.38. The smallest absolute Gasteiger partial charge is 0.478 e. The van der Waals surface area contributed by atoms with Gasteiger partial charge < -0.3 is 19.9 Å². The number of anilines is 1. The Morgan fingerprint density at radius 2 is 1.97 bits per heavy atom. The maximum atomic E-state index is 12.1. The molecule has 0 bridgehead atoms. The molecule has 0 aliphatic carbocycles. The minimum atomic E-state index is -5.08. The van der Waals surface area contributed by atoms with Crippen LogP contribution in [0.1, 0.15) is 38.3 Å². The van der Waals surface area contributed by atoms with E-state index in [1.807, 2.05) is 0 Å². The van der Waals surface area contributed by atoms with Crippen molar-refractivity contribution < 1.29 is 42.2 Å². The first-order valence-corrected chi connectivity index (χ1v) is 9.11. The van der Waals surface area contributed by atoms with E-state index in [2.05, 4.69) is 17.1 Å². The lowest BCUT2D eigenvalue weighted by molar-refractivity contribution is -0.192. The van der Waals surface area contributed by atoms with Crippen molar-refractivity contribution in [1.82, 2.24) is 4.90 Å². The topological polar surface area (TPSA) is 120 Å². The number of furan rings is 1. The molecule has 3 heterocycles. The Morgan fingerprint density at radius 1 is 1.31 bits per heavy atom. The van der Waals surface area contributed by atoms with Crippen LogP contribution < -0.4 is 5.32 Å². The summed E-state index contributed by atoms with van der Waals surface area (Å²) in [5.41, 5.74) is 1.06. The number of halogens is 3. The van der Waals surface area contributed by atoms with Gasteiger partial charge in [-0.2, -0.15) is 13.2 Å². The molecule has 1 aliphatic rings. The fraction of sp³-hybridized carbons (Fsp3) is 0.353. The summed E-state index contributed by atoms with van der Waals surface area (Å²) in [5, 5.41) is 19.7. The van der Waals surface area contributed by atoms with E-state index in [1.165, 1.54) is 17.6 Å². The van der Waals surface area contributed by atoms with Gasteiger partial charge in [-0.3, -0.25) is 9.69 Å². The van der Waals surface area contributed by atoms with Crippen LogP contribution in [-0.2, 0) is 17.8 Å². The van der Waals surface area contributed by atoms with Crippen molar-refractivity contribution in [1.29, 1.82) is 0 Å². The van der Waals surface area contributed by atoms with Gasteiger partial charge in [0.05, 0.1) is 11.8 Å². The number of amides is 1. The lowest BCUT2D eigenvalue weighted by Crippen LogP contribution is -2.29. The van der Waals surface area contributed by atoms with E-state index in [1.54, 1.807) is 12.1 Å². The van der Waals surface area contributed by atoms with Crippen molar-refractivity contribution in [2.45, 2.75) is 26.1 Å². The van der Waals surface area contributed by atoms with Crippen molar-refractivity contribution in [3.63, 3.8) is 0 Å². The maximum absolute atomic E-state index is 12.1. The molecule has 0 fully saturated rings. The molecule has 2 aromatic rings. The quantitative estimate of drug-likeness (QED) is 0.675. The van der Waals surface area contributed by atoms with Crippen LogP contribution >= 0.6 is 11.3 Å². The van der Waals surface area contributed by atoms with Gasteiger partial charge in [0, 0.05) is 18.0 Å². The number of carboxylic acid groups (broad SMARTS) is 2. The highest BCUT2D eigenvalue weighted by Crippen LogP contribution is 2.37. The molecule has 1 amide bonds. The van der Waals surface area contributed by atoms with Crippen LogP contribution in [0.3, 0.4) is 0 Å². The number of carboxylic acids is 2. The normalized spacial score (nSPS) is 13.8. The highest BCUT2D eigenvalue weighted by molar-refractivity contribution is 7.17. The molecule has 0 aromatic carbocycles. The van der Waals surface area contributed by atoms with Gasteiger partial charge in [0.25, 0.3) is 5.91 Å². The molecule has 0 saturated heterocycles. The molecule has 0 spiro atoms. The molecule has 0 unspecified atom stereocenters. The summed E-state index contributed by atoms with van der Waals surface area (Å²) in [4.78, 5) is 35.8. The van der Waals surface area contributed by atoms with Gasteiger partial charge in [0.15, 0.2) is 5.76 Å². The Bertz CT molecular complexity index is 892. The number of nitrogens with zero attached hydrogens (tertiary/aromatic N) is 1. The van der Waals surface area contributed by atoms with Crippen LogP contribution in [0.25, 0.3) is 0 Å². The van der Waals surface area contributed by atoms with E-state index >= 15 is 0 Å². The van der Waals surface area contributed by atoms with Gasteiger partial charge in [-0.25, -0.2) is 9.59 Å². The average Bonchev–Trinajstić information content (AvgIpc) is 3.28. The van der Waals surface area contributed by atoms with Gasteiger partial charge in [-0.1, -0.05) is 6.92 Å². The number of likely N-dealkylation sites (N-methyl/N-ethyl adjacent to an activating group) is 1. The number of fused-ring (bicyclic) bond motifs is 1. The molecule has 8 nitrogen and oxygen atoms in total. The third-order valence-corrected chi connectivity index (χ3v) is 5.14. The average molecular weight is 434 g/mol. The van der Waals surface area contributed by atoms with Crippen LogP contribution in [0.5, 0.6) is 0 Å². The Kier molecular flexibility index (Phi) is 7.03. The maximum Gasteiger partial charge on any atom is 0.490 e. The number of carbonyl (C=O) groups excluding carboxylic acids is 1. The molecular weight excluding hydrogens is 417 g/mol. The number of aromatic carboxylic acids is 1. The van der Waals surface area contributed by atoms with E-state index in [0.717, 1.165) is 30.1 Å². The minimum Gasteiger partial charge on any atom is -0.478 e. The van der Waals surface area contributed by atoms with Crippen LogP contribution in [0.15, 0.2) is 22.8 Å². The zero-order chi connectivity index (χ0) is 21.8. The number of alkyl halides is 3. The third kappa shape index (κ3) is 5.57. The van der Waals surface area contributed by atoms with Crippen molar-refractivity contribution in [2.24, 2.45) is 0 Å². The predicted octanol–water partition coefficient (Wildman–Crippen LogP) is 3.30. The van der Waals surface area contributed by atoms with Gasteiger partial charge in [0.1, 0.15) is 5.00 Å². The summed E-state index contributed by atoms with van der Waals surface area (Å²) in [7, 11) is 0. The third-order valence-electron chi connectivity index (χ3n) is 4.01. The van der Waals surface area contributed by atoms with E-state index in [-0.39, 0.29) is 11.3 Å². The van der Waals surface area contributed by atoms with Crippen LogP contribution in [-0.4, -0.2) is 52.2 Å². The van der Waals surface area contributed by atoms with Gasteiger partial charge in [0.2, 0.25) is 0 Å². The van der Waals surface area contributed by atoms with Crippen molar-refractivity contribution in [2.75, 3.05) is 18.4 Å². The Morgan fingerprint density at radius 3 is 2.45 bits per heavy atom. The van der Waals surface area contributed by atoms with Gasteiger partial charge in [-0.15, -0.1) is 11.3 Å². The highest BCUT2D eigenvalue weighted by atomic mass is 32.1. The number of rotatable bonds is 4. The molecule has 29 heavy (non-hydrogen) atoms. The monoisotopic (exact) mass is 434 g/mol. The minimum absolute atomic E-state index is 0.165. The molecule has 0 radical (unpaired) electrons. The molecule has 12 heteroatoms. The summed E-state index contributed by atoms with van der Waals surface area (Å²) in [6.45, 7) is 4.57. The zero-order valence-corrected chi connectivity index (χ0v) is 15.9. The second-order valence-corrected chi connectivity index (χ2v) is 6.97. The molecular formula is C17H17F3N2O6S. The lowest BCUT2D eigenvalue weighted by Gasteiger charge is -2.25. The van der Waals surface area contributed by atoms with Crippen LogP contribution in [0.2, 0.25) is 0 Å². The number of nitrogens with one attached hydrogen (secondary N) is 1. The van der Waals surface area contributed by atoms with E-state index in [4.69, 9.17) is 14.3 Å². The second kappa shape index (κ2) is 9.09. The van der Waals surface area contributed by atoms with Crippen molar-refractivity contribution in [3.05, 3.63) is 40.2 Å². The number of aliphatic carboxylic acids is 1. The number of thiophene rings is 1. The standard InChI is InChI=1S/C15H16N2O4S.C2HF3O2/c1-2-17-6-5-9-11(8-17)22-14(12(9)15(19)20)16-13(18)10-4-3-7-21-10;3-2(4,5)1(6)7/h3-4,7H,2,5-6,8H2,1H3,(H,16,18)(H,19,20);(H,6,7). The van der Waals surface area contributed by atoms with E-state index in [9.17, 15) is 27.9 Å². The number of hydrogen-bond donors (Lipinski definition) is 3. The van der Waals surface area contributed by atoms with Crippen molar-refractivity contribution in [3.8, 4) is 0 Å². The van der Waals surface area contributed by atoms with E-state index < -0.39 is 24.0 Å². The summed E-state index contributed by atoms with van der Waals surface area (Å²) < 4.78 is 36.8. The zero-order valence-electron chi connectivity index (χ0n) is 15.1. The first-order chi connectivity index (χ1) is 13.5. The Balaban J connectivity index is 0.000000370. The summed E-state index contributed by atoms with van der Waals surface area (Å²) in [6, 6.07) is 3.16. The Hall–Kier alpha value is -2.86. The SMILES string of the molecule is CCN1CCc2c(sc(NC(=O)c3ccco3)c2C(=O)O)C1.O=C(O)C(F)(F)F. The molecule has 158 valence electrons.